The summed E-state index contributed by atoms with van der Waals surface area (Å²) in [5.74, 6) is -0.256. The number of hydrogen-bond acceptors (Lipinski definition) is 4. The molecule has 1 unspecified atom stereocenters. The number of esters is 1. The molecule has 19 heavy (non-hydrogen) atoms. The van der Waals surface area contributed by atoms with Gasteiger partial charge in [0.1, 0.15) is 0 Å². The summed E-state index contributed by atoms with van der Waals surface area (Å²) >= 11 is 5.96. The van der Waals surface area contributed by atoms with Crippen LogP contribution in [0.25, 0.3) is 0 Å². The number of nitrogens with one attached hydrogen (secondary N) is 1. The van der Waals surface area contributed by atoms with Gasteiger partial charge in [-0.3, -0.25) is 4.79 Å². The third-order valence-electron chi connectivity index (χ3n) is 2.99. The van der Waals surface area contributed by atoms with E-state index in [1.165, 1.54) is 7.11 Å². The predicted molar refractivity (Wildman–Crippen MR) is 79.4 cm³/mol. The summed E-state index contributed by atoms with van der Waals surface area (Å²) in [6.45, 7) is 6.15. The highest BCUT2D eigenvalue weighted by atomic mass is 35.5. The third kappa shape index (κ3) is 4.63. The number of halogens is 1. The molecule has 1 rings (SSSR count). The number of benzene rings is 1. The average Bonchev–Trinajstić information content (AvgIpc) is 2.31. The Hall–Kier alpha value is -1.42. The summed E-state index contributed by atoms with van der Waals surface area (Å²) in [5.41, 5.74) is 7.12. The predicted octanol–water partition coefficient (Wildman–Crippen LogP) is 3.31. The maximum absolute atomic E-state index is 11.5. The lowest BCUT2D eigenvalue weighted by Gasteiger charge is -2.32. The van der Waals surface area contributed by atoms with E-state index in [2.05, 4.69) is 5.32 Å². The van der Waals surface area contributed by atoms with Gasteiger partial charge in [0.2, 0.25) is 0 Å². The quantitative estimate of drug-likeness (QED) is 0.658. The molecular weight excluding hydrogens is 264 g/mol. The summed E-state index contributed by atoms with van der Waals surface area (Å²) in [4.78, 5) is 11.5. The van der Waals surface area contributed by atoms with Crippen molar-refractivity contribution in [3.8, 4) is 0 Å². The monoisotopic (exact) mass is 284 g/mol. The molecule has 5 heteroatoms. The number of anilines is 2. The number of rotatable bonds is 4. The Morgan fingerprint density at radius 3 is 2.63 bits per heavy atom. The van der Waals surface area contributed by atoms with Gasteiger partial charge in [0.15, 0.2) is 0 Å². The molecule has 0 aliphatic rings. The smallest absolute Gasteiger partial charge is 0.307 e. The van der Waals surface area contributed by atoms with Gasteiger partial charge in [-0.1, -0.05) is 32.4 Å². The molecule has 0 saturated heterocycles. The summed E-state index contributed by atoms with van der Waals surface area (Å²) in [6.07, 6.45) is 0.270. The second-order valence-electron chi connectivity index (χ2n) is 5.57. The topological polar surface area (TPSA) is 64.3 Å². The second-order valence-corrected chi connectivity index (χ2v) is 6.01. The van der Waals surface area contributed by atoms with Gasteiger partial charge < -0.3 is 15.8 Å². The van der Waals surface area contributed by atoms with Gasteiger partial charge in [-0.2, -0.15) is 0 Å². The minimum atomic E-state index is -0.256. The van der Waals surface area contributed by atoms with Crippen LogP contribution in [0.5, 0.6) is 0 Å². The minimum absolute atomic E-state index is 0.0966. The molecule has 0 radical (unpaired) electrons. The SMILES string of the molecule is COC(=O)CC(Nc1cc(Cl)ccc1N)C(C)(C)C. The number of carbonyl (C=O) groups is 1. The Morgan fingerprint density at radius 1 is 1.47 bits per heavy atom. The zero-order valence-corrected chi connectivity index (χ0v) is 12.5. The molecule has 106 valence electrons. The number of carbonyl (C=O) groups excluding carboxylic acids is 1. The Labute approximate surface area is 119 Å². The van der Waals surface area contributed by atoms with Crippen molar-refractivity contribution >= 4 is 28.9 Å². The van der Waals surface area contributed by atoms with Gasteiger partial charge in [0.05, 0.1) is 24.9 Å². The molecule has 1 aromatic rings. The summed E-state index contributed by atoms with van der Waals surface area (Å²) in [7, 11) is 1.38. The lowest BCUT2D eigenvalue weighted by molar-refractivity contribution is -0.141. The Balaban J connectivity index is 2.94. The minimum Gasteiger partial charge on any atom is -0.469 e. The molecule has 3 N–H and O–H groups in total. The highest BCUT2D eigenvalue weighted by Crippen LogP contribution is 2.30. The van der Waals surface area contributed by atoms with Crippen molar-refractivity contribution in [2.24, 2.45) is 5.41 Å². The van der Waals surface area contributed by atoms with Gasteiger partial charge in [-0.25, -0.2) is 0 Å². The van der Waals surface area contributed by atoms with Crippen molar-refractivity contribution < 1.29 is 9.53 Å². The maximum atomic E-state index is 11.5. The van der Waals surface area contributed by atoms with Crippen molar-refractivity contribution in [1.29, 1.82) is 0 Å². The number of methoxy groups -OCH3 is 1. The number of hydrogen-bond donors (Lipinski definition) is 2. The van der Waals surface area contributed by atoms with Gasteiger partial charge in [0, 0.05) is 11.1 Å². The fraction of sp³-hybridized carbons (Fsp3) is 0.500. The largest absolute Gasteiger partial charge is 0.469 e. The van der Waals surface area contributed by atoms with Crippen LogP contribution >= 0.6 is 11.6 Å². The zero-order valence-electron chi connectivity index (χ0n) is 11.8. The Kier molecular flexibility index (Phi) is 5.06. The highest BCUT2D eigenvalue weighted by molar-refractivity contribution is 6.31. The first-order valence-electron chi connectivity index (χ1n) is 6.12. The first-order valence-corrected chi connectivity index (χ1v) is 6.50. The molecule has 0 amide bonds. The van der Waals surface area contributed by atoms with Crippen molar-refractivity contribution in [3.05, 3.63) is 23.2 Å². The van der Waals surface area contributed by atoms with Gasteiger partial charge >= 0.3 is 5.97 Å². The highest BCUT2D eigenvalue weighted by Gasteiger charge is 2.27. The van der Waals surface area contributed by atoms with E-state index in [1.54, 1.807) is 18.2 Å². The van der Waals surface area contributed by atoms with E-state index in [9.17, 15) is 4.79 Å². The lowest BCUT2D eigenvalue weighted by atomic mass is 9.84. The number of nitrogens with two attached hydrogens (primary N) is 1. The van der Waals surface area contributed by atoms with Crippen molar-refractivity contribution in [2.45, 2.75) is 33.2 Å². The van der Waals surface area contributed by atoms with Crippen LogP contribution in [-0.2, 0) is 9.53 Å². The zero-order chi connectivity index (χ0) is 14.6. The standard InChI is InChI=1S/C14H21ClN2O2/c1-14(2,3)12(8-13(18)19-4)17-11-7-9(15)5-6-10(11)16/h5-7,12,17H,8,16H2,1-4H3. The third-order valence-corrected chi connectivity index (χ3v) is 3.22. The first kappa shape index (κ1) is 15.6. The lowest BCUT2D eigenvalue weighted by Crippen LogP contribution is -2.36. The molecule has 0 heterocycles. The number of nitrogen functional groups attached to an aromatic ring is 1. The molecule has 4 nitrogen and oxygen atoms in total. The molecule has 0 bridgehead atoms. The molecule has 0 aromatic heterocycles. The van der Waals surface area contributed by atoms with E-state index in [4.69, 9.17) is 22.1 Å². The van der Waals surface area contributed by atoms with Crippen LogP contribution < -0.4 is 11.1 Å². The second kappa shape index (κ2) is 6.15. The van der Waals surface area contributed by atoms with Crippen molar-refractivity contribution in [3.63, 3.8) is 0 Å². The summed E-state index contributed by atoms with van der Waals surface area (Å²) in [5, 5.41) is 3.88. The van der Waals surface area contributed by atoms with E-state index in [0.717, 1.165) is 5.69 Å². The summed E-state index contributed by atoms with van der Waals surface area (Å²) < 4.78 is 4.73. The van der Waals surface area contributed by atoms with E-state index >= 15 is 0 Å². The van der Waals surface area contributed by atoms with Crippen LogP contribution in [0.1, 0.15) is 27.2 Å². The van der Waals surface area contributed by atoms with Crippen LogP contribution in [-0.4, -0.2) is 19.1 Å². The van der Waals surface area contributed by atoms with Crippen LogP contribution in [0.15, 0.2) is 18.2 Å². The van der Waals surface area contributed by atoms with Gasteiger partial charge in [-0.05, 0) is 23.6 Å². The van der Waals surface area contributed by atoms with Crippen LogP contribution in [0.4, 0.5) is 11.4 Å². The molecule has 0 saturated carbocycles. The van der Waals surface area contributed by atoms with Crippen LogP contribution in [0, 0.1) is 5.41 Å². The van der Waals surface area contributed by atoms with E-state index in [0.29, 0.717) is 10.7 Å². The Bertz CT molecular complexity index is 455. The Morgan fingerprint density at radius 2 is 2.11 bits per heavy atom. The van der Waals surface area contributed by atoms with E-state index < -0.39 is 0 Å². The normalized spacial score (nSPS) is 12.9. The van der Waals surface area contributed by atoms with E-state index in [-0.39, 0.29) is 23.8 Å². The van der Waals surface area contributed by atoms with Gasteiger partial charge in [-0.15, -0.1) is 0 Å². The van der Waals surface area contributed by atoms with Crippen molar-refractivity contribution in [2.75, 3.05) is 18.2 Å². The molecule has 0 spiro atoms. The average molecular weight is 285 g/mol. The first-order chi connectivity index (χ1) is 8.74. The molecular formula is C14H21ClN2O2. The number of ether oxygens (including phenoxy) is 1. The maximum Gasteiger partial charge on any atom is 0.307 e. The van der Waals surface area contributed by atoms with E-state index in [1.807, 2.05) is 20.8 Å². The fourth-order valence-electron chi connectivity index (χ4n) is 1.66. The van der Waals surface area contributed by atoms with Crippen molar-refractivity contribution in [1.82, 2.24) is 0 Å². The molecule has 1 atom stereocenters. The molecule has 0 aliphatic heterocycles. The molecule has 0 fully saturated rings. The molecule has 0 aliphatic carbocycles. The van der Waals surface area contributed by atoms with Gasteiger partial charge in [0.25, 0.3) is 0 Å². The summed E-state index contributed by atoms with van der Waals surface area (Å²) in [6, 6.07) is 5.13. The van der Waals surface area contributed by atoms with Crippen LogP contribution in [0.2, 0.25) is 5.02 Å². The molecule has 1 aromatic carbocycles. The fourth-order valence-corrected chi connectivity index (χ4v) is 1.84. The van der Waals surface area contributed by atoms with Crippen LogP contribution in [0.3, 0.4) is 0 Å².